The standard InChI is InChI=1S/C14H24FNO3/c1-10(17)12(15)8-11-6-5-7-16(9-11)13(18)19-14(2,3)4/h11-12H,5-9H2,1-4H3. The summed E-state index contributed by atoms with van der Waals surface area (Å²) in [4.78, 5) is 24.5. The summed E-state index contributed by atoms with van der Waals surface area (Å²) < 4.78 is 18.7. The van der Waals surface area contributed by atoms with Gasteiger partial charge in [0.25, 0.3) is 0 Å². The largest absolute Gasteiger partial charge is 0.444 e. The van der Waals surface area contributed by atoms with Crippen molar-refractivity contribution in [3.05, 3.63) is 0 Å². The normalized spacial score (nSPS) is 21.9. The Labute approximate surface area is 114 Å². The fourth-order valence-corrected chi connectivity index (χ4v) is 2.21. The van der Waals surface area contributed by atoms with Gasteiger partial charge in [0, 0.05) is 13.1 Å². The third-order valence-electron chi connectivity index (χ3n) is 3.15. The summed E-state index contributed by atoms with van der Waals surface area (Å²) in [5.74, 6) is -0.394. The quantitative estimate of drug-likeness (QED) is 0.794. The monoisotopic (exact) mass is 273 g/mol. The third-order valence-corrected chi connectivity index (χ3v) is 3.15. The van der Waals surface area contributed by atoms with Crippen LogP contribution >= 0.6 is 0 Å². The lowest BCUT2D eigenvalue weighted by molar-refractivity contribution is -0.122. The van der Waals surface area contributed by atoms with Crippen LogP contribution in [0, 0.1) is 5.92 Å². The molecule has 1 amide bonds. The minimum absolute atomic E-state index is 0.0418. The van der Waals surface area contributed by atoms with Crippen molar-refractivity contribution in [2.75, 3.05) is 13.1 Å². The molecule has 1 aliphatic rings. The SMILES string of the molecule is CC(=O)C(F)CC1CCCN(C(=O)OC(C)(C)C)C1. The Bertz CT molecular complexity index is 338. The zero-order valence-electron chi connectivity index (χ0n) is 12.2. The molecule has 0 aromatic rings. The van der Waals surface area contributed by atoms with Gasteiger partial charge in [-0.25, -0.2) is 9.18 Å². The number of ketones is 1. The molecule has 5 heteroatoms. The van der Waals surface area contributed by atoms with Crippen molar-refractivity contribution < 1.29 is 18.7 Å². The van der Waals surface area contributed by atoms with Gasteiger partial charge in [0.1, 0.15) is 5.60 Å². The predicted octanol–water partition coefficient (Wildman–Crippen LogP) is 2.95. The summed E-state index contributed by atoms with van der Waals surface area (Å²) in [6, 6.07) is 0. The van der Waals surface area contributed by atoms with Crippen LogP contribution in [0.2, 0.25) is 0 Å². The molecule has 0 aromatic carbocycles. The molecule has 4 nitrogen and oxygen atoms in total. The van der Waals surface area contributed by atoms with Gasteiger partial charge in [0.2, 0.25) is 0 Å². The molecule has 0 radical (unpaired) electrons. The van der Waals surface area contributed by atoms with E-state index < -0.39 is 17.6 Å². The Morgan fingerprint density at radius 1 is 1.42 bits per heavy atom. The molecular formula is C14H24FNO3. The van der Waals surface area contributed by atoms with Gasteiger partial charge < -0.3 is 9.64 Å². The molecular weight excluding hydrogens is 249 g/mol. The van der Waals surface area contributed by atoms with Gasteiger partial charge in [-0.05, 0) is 52.9 Å². The van der Waals surface area contributed by atoms with Crippen LogP contribution in [0.3, 0.4) is 0 Å². The first-order valence-corrected chi connectivity index (χ1v) is 6.81. The molecule has 0 bridgehead atoms. The number of halogens is 1. The smallest absolute Gasteiger partial charge is 0.410 e. The van der Waals surface area contributed by atoms with Crippen molar-refractivity contribution in [3.63, 3.8) is 0 Å². The van der Waals surface area contributed by atoms with Crippen LogP contribution in [0.1, 0.15) is 47.0 Å². The molecule has 0 N–H and O–H groups in total. The second-order valence-electron chi connectivity index (χ2n) is 6.25. The number of carbonyl (C=O) groups excluding carboxylic acids is 2. The maximum Gasteiger partial charge on any atom is 0.410 e. The van der Waals surface area contributed by atoms with E-state index in [0.717, 1.165) is 12.8 Å². The Morgan fingerprint density at radius 3 is 2.58 bits per heavy atom. The molecule has 1 rings (SSSR count). The fraction of sp³-hybridized carbons (Fsp3) is 0.857. The van der Waals surface area contributed by atoms with Crippen LogP contribution in [-0.2, 0) is 9.53 Å². The Hall–Kier alpha value is -1.13. The zero-order valence-corrected chi connectivity index (χ0v) is 12.2. The Kier molecular flexibility index (Phi) is 5.32. The first-order valence-electron chi connectivity index (χ1n) is 6.81. The summed E-state index contributed by atoms with van der Waals surface area (Å²) in [6.07, 6.45) is 0.120. The van der Waals surface area contributed by atoms with Crippen molar-refractivity contribution in [2.45, 2.75) is 58.7 Å². The number of carbonyl (C=O) groups is 2. The van der Waals surface area contributed by atoms with Crippen LogP contribution in [0.5, 0.6) is 0 Å². The summed E-state index contributed by atoms with van der Waals surface area (Å²) in [5.41, 5.74) is -0.522. The highest BCUT2D eigenvalue weighted by Gasteiger charge is 2.29. The second-order valence-corrected chi connectivity index (χ2v) is 6.25. The number of piperidine rings is 1. The summed E-state index contributed by atoms with van der Waals surface area (Å²) in [7, 11) is 0. The summed E-state index contributed by atoms with van der Waals surface area (Å²) in [6.45, 7) is 7.84. The molecule has 1 aliphatic heterocycles. The molecule has 0 spiro atoms. The highest BCUT2D eigenvalue weighted by Crippen LogP contribution is 2.24. The van der Waals surface area contributed by atoms with Gasteiger partial charge in [-0.15, -0.1) is 0 Å². The van der Waals surface area contributed by atoms with Gasteiger partial charge in [-0.3, -0.25) is 4.79 Å². The highest BCUT2D eigenvalue weighted by molar-refractivity contribution is 5.80. The Morgan fingerprint density at radius 2 is 2.05 bits per heavy atom. The number of hydrogen-bond donors (Lipinski definition) is 0. The molecule has 0 aromatic heterocycles. The van der Waals surface area contributed by atoms with Crippen molar-refractivity contribution in [3.8, 4) is 0 Å². The van der Waals surface area contributed by atoms with Gasteiger partial charge in [0.05, 0.1) is 0 Å². The van der Waals surface area contributed by atoms with E-state index in [0.29, 0.717) is 13.1 Å². The Balaban J connectivity index is 2.50. The molecule has 19 heavy (non-hydrogen) atoms. The maximum absolute atomic E-state index is 13.4. The van der Waals surface area contributed by atoms with Crippen LogP contribution in [0.25, 0.3) is 0 Å². The van der Waals surface area contributed by atoms with E-state index in [1.54, 1.807) is 4.90 Å². The number of likely N-dealkylation sites (tertiary alicyclic amines) is 1. The molecule has 1 heterocycles. The minimum Gasteiger partial charge on any atom is -0.444 e. The molecule has 1 fully saturated rings. The minimum atomic E-state index is -1.41. The molecule has 0 saturated carbocycles. The van der Waals surface area contributed by atoms with Crippen molar-refractivity contribution in [2.24, 2.45) is 5.92 Å². The average Bonchev–Trinajstić information content (AvgIpc) is 2.27. The fourth-order valence-electron chi connectivity index (χ4n) is 2.21. The van der Waals surface area contributed by atoms with E-state index in [4.69, 9.17) is 4.74 Å². The number of amides is 1. The van der Waals surface area contributed by atoms with Gasteiger partial charge >= 0.3 is 6.09 Å². The topological polar surface area (TPSA) is 46.6 Å². The lowest BCUT2D eigenvalue weighted by atomic mass is 9.92. The third kappa shape index (κ3) is 5.57. The van der Waals surface area contributed by atoms with E-state index in [1.807, 2.05) is 20.8 Å². The lowest BCUT2D eigenvalue weighted by Crippen LogP contribution is -2.43. The second kappa shape index (κ2) is 6.35. The molecule has 2 atom stereocenters. The highest BCUT2D eigenvalue weighted by atomic mass is 19.1. The van der Waals surface area contributed by atoms with Crippen LogP contribution in [-0.4, -0.2) is 41.6 Å². The van der Waals surface area contributed by atoms with E-state index in [9.17, 15) is 14.0 Å². The van der Waals surface area contributed by atoms with Crippen molar-refractivity contribution >= 4 is 11.9 Å². The lowest BCUT2D eigenvalue weighted by Gasteiger charge is -2.34. The number of ether oxygens (including phenoxy) is 1. The summed E-state index contributed by atoms with van der Waals surface area (Å²) >= 11 is 0. The van der Waals surface area contributed by atoms with Crippen LogP contribution in [0.15, 0.2) is 0 Å². The number of rotatable bonds is 3. The number of alkyl halides is 1. The number of hydrogen-bond acceptors (Lipinski definition) is 3. The van der Waals surface area contributed by atoms with Crippen molar-refractivity contribution in [1.82, 2.24) is 4.90 Å². The first-order chi connectivity index (χ1) is 8.69. The summed E-state index contributed by atoms with van der Waals surface area (Å²) in [5, 5.41) is 0. The predicted molar refractivity (Wildman–Crippen MR) is 70.7 cm³/mol. The molecule has 0 aliphatic carbocycles. The van der Waals surface area contributed by atoms with E-state index in [1.165, 1.54) is 6.92 Å². The van der Waals surface area contributed by atoms with Crippen LogP contribution < -0.4 is 0 Å². The van der Waals surface area contributed by atoms with Gasteiger partial charge in [-0.1, -0.05) is 0 Å². The van der Waals surface area contributed by atoms with E-state index in [-0.39, 0.29) is 18.4 Å². The number of nitrogens with zero attached hydrogens (tertiary/aromatic N) is 1. The van der Waals surface area contributed by atoms with Gasteiger partial charge in [-0.2, -0.15) is 0 Å². The van der Waals surface area contributed by atoms with E-state index >= 15 is 0 Å². The molecule has 2 unspecified atom stereocenters. The molecule has 110 valence electrons. The van der Waals surface area contributed by atoms with Crippen molar-refractivity contribution in [1.29, 1.82) is 0 Å². The van der Waals surface area contributed by atoms with Gasteiger partial charge in [0.15, 0.2) is 12.0 Å². The van der Waals surface area contributed by atoms with E-state index in [2.05, 4.69) is 0 Å². The first kappa shape index (κ1) is 15.9. The average molecular weight is 273 g/mol. The number of Topliss-reactive ketones (excluding diaryl/α,β-unsaturated/α-hetero) is 1. The maximum atomic E-state index is 13.4. The molecule has 1 saturated heterocycles. The van der Waals surface area contributed by atoms with Crippen LogP contribution in [0.4, 0.5) is 9.18 Å². The zero-order chi connectivity index (χ0) is 14.6.